The Balaban J connectivity index is 1.86. The number of nitrogens with zero attached hydrogens (tertiary/aromatic N) is 4. The summed E-state index contributed by atoms with van der Waals surface area (Å²) < 4.78 is 2.11. The van der Waals surface area contributed by atoms with Crippen LogP contribution in [0, 0.1) is 12.8 Å². The van der Waals surface area contributed by atoms with Crippen molar-refractivity contribution in [3.63, 3.8) is 0 Å². The lowest BCUT2D eigenvalue weighted by Gasteiger charge is -2.19. The summed E-state index contributed by atoms with van der Waals surface area (Å²) in [5.41, 5.74) is 1.89. The lowest BCUT2D eigenvalue weighted by atomic mass is 10.2. The molecule has 4 heterocycles. The molecule has 2 saturated heterocycles. The maximum atomic E-state index is 13.4. The second-order valence-electron chi connectivity index (χ2n) is 7.97. The summed E-state index contributed by atoms with van der Waals surface area (Å²) in [4.78, 5) is 35.3. The molecule has 29 heavy (non-hydrogen) atoms. The summed E-state index contributed by atoms with van der Waals surface area (Å²) in [6.45, 7) is 8.35. The molecule has 0 aliphatic carbocycles. The number of pyridine rings is 1. The molecule has 0 atom stereocenters. The Bertz CT molecular complexity index is 1080. The normalized spacial score (nSPS) is 18.8. The Morgan fingerprint density at radius 3 is 2.66 bits per heavy atom. The van der Waals surface area contributed by atoms with E-state index >= 15 is 0 Å². The fraction of sp³-hybridized carbons (Fsp3) is 0.429. The third-order valence-electron chi connectivity index (χ3n) is 5.09. The van der Waals surface area contributed by atoms with Gasteiger partial charge in [-0.05, 0) is 43.4 Å². The van der Waals surface area contributed by atoms with Crippen LogP contribution in [-0.4, -0.2) is 44.1 Å². The maximum absolute atomic E-state index is 13.4. The number of anilines is 1. The molecule has 0 aromatic carbocycles. The number of amides is 1. The zero-order valence-corrected chi connectivity index (χ0v) is 18.5. The van der Waals surface area contributed by atoms with E-state index in [4.69, 9.17) is 17.2 Å². The van der Waals surface area contributed by atoms with E-state index in [9.17, 15) is 9.59 Å². The number of hydrogen-bond acceptors (Lipinski definition) is 6. The molecule has 2 aliphatic rings. The minimum absolute atomic E-state index is 0.130. The number of fused-ring (bicyclic) bond motifs is 1. The van der Waals surface area contributed by atoms with Crippen molar-refractivity contribution in [3.05, 3.63) is 44.7 Å². The molecule has 2 aromatic rings. The van der Waals surface area contributed by atoms with Crippen LogP contribution in [0.2, 0.25) is 0 Å². The van der Waals surface area contributed by atoms with Gasteiger partial charge in [0.2, 0.25) is 0 Å². The Labute approximate surface area is 179 Å². The van der Waals surface area contributed by atoms with Crippen molar-refractivity contribution >= 4 is 51.7 Å². The number of carbonyl (C=O) groups excluding carboxylic acids is 1. The number of thiocarbonyl (C=S) groups is 1. The molecule has 0 radical (unpaired) electrons. The number of carbonyl (C=O) groups is 1. The maximum Gasteiger partial charge on any atom is 0.267 e. The van der Waals surface area contributed by atoms with Gasteiger partial charge < -0.3 is 4.90 Å². The molecule has 1 amide bonds. The zero-order chi connectivity index (χ0) is 20.7. The van der Waals surface area contributed by atoms with E-state index in [1.54, 1.807) is 21.6 Å². The first-order valence-corrected chi connectivity index (χ1v) is 11.1. The number of hydrogen-bond donors (Lipinski definition) is 0. The predicted octanol–water partition coefficient (Wildman–Crippen LogP) is 3.46. The number of aromatic nitrogens is 2. The standard InChI is InChI=1S/C21H24N4O2S2/c1-13(2)11-25-20(27)16(29-21(25)28)10-15-18(23-8-4-5-9-23)22-17-7-6-14(3)12-24(17)19(15)26/h6-7,10,12-13H,4-5,8-9,11H2,1-3H3. The SMILES string of the molecule is Cc1ccc2nc(N3CCCC3)c(C=C3SC(=S)N(CC(C)C)C3=O)c(=O)n2c1. The fourth-order valence-corrected chi connectivity index (χ4v) is 4.95. The van der Waals surface area contributed by atoms with Crippen molar-refractivity contribution in [1.82, 2.24) is 14.3 Å². The summed E-state index contributed by atoms with van der Waals surface area (Å²) in [6.07, 6.45) is 5.63. The molecule has 0 saturated carbocycles. The van der Waals surface area contributed by atoms with Crippen molar-refractivity contribution in [3.8, 4) is 0 Å². The van der Waals surface area contributed by atoms with Gasteiger partial charge in [0.25, 0.3) is 11.5 Å². The molecule has 0 unspecified atom stereocenters. The quantitative estimate of drug-likeness (QED) is 0.549. The third kappa shape index (κ3) is 3.83. The second kappa shape index (κ2) is 7.91. The summed E-state index contributed by atoms with van der Waals surface area (Å²) in [7, 11) is 0. The third-order valence-corrected chi connectivity index (χ3v) is 6.47. The second-order valence-corrected chi connectivity index (χ2v) is 9.64. The molecular formula is C21H24N4O2S2. The van der Waals surface area contributed by atoms with Gasteiger partial charge in [-0.1, -0.05) is 43.9 Å². The molecule has 6 nitrogen and oxygen atoms in total. The van der Waals surface area contributed by atoms with Crippen LogP contribution < -0.4 is 10.5 Å². The summed E-state index contributed by atoms with van der Waals surface area (Å²) >= 11 is 6.68. The molecule has 4 rings (SSSR count). The fourth-order valence-electron chi connectivity index (χ4n) is 3.70. The van der Waals surface area contributed by atoms with Crippen molar-refractivity contribution in [2.24, 2.45) is 5.92 Å². The Morgan fingerprint density at radius 2 is 1.97 bits per heavy atom. The molecule has 0 N–H and O–H groups in total. The van der Waals surface area contributed by atoms with Gasteiger partial charge in [0, 0.05) is 25.8 Å². The highest BCUT2D eigenvalue weighted by Crippen LogP contribution is 2.34. The highest BCUT2D eigenvalue weighted by atomic mass is 32.2. The molecule has 2 fully saturated rings. The van der Waals surface area contributed by atoms with Crippen LogP contribution >= 0.6 is 24.0 Å². The van der Waals surface area contributed by atoms with Gasteiger partial charge in [-0.25, -0.2) is 4.98 Å². The number of thioether (sulfide) groups is 1. The Hall–Kier alpha value is -2.19. The molecule has 2 aliphatic heterocycles. The van der Waals surface area contributed by atoms with Crippen LogP contribution in [0.1, 0.15) is 37.8 Å². The van der Waals surface area contributed by atoms with E-state index in [1.807, 2.05) is 19.1 Å². The van der Waals surface area contributed by atoms with Crippen LogP contribution in [0.4, 0.5) is 5.82 Å². The lowest BCUT2D eigenvalue weighted by Crippen LogP contribution is -2.31. The van der Waals surface area contributed by atoms with Crippen LogP contribution in [-0.2, 0) is 4.79 Å². The van der Waals surface area contributed by atoms with Crippen LogP contribution in [0.3, 0.4) is 0 Å². The summed E-state index contributed by atoms with van der Waals surface area (Å²) in [5, 5.41) is 0. The first-order chi connectivity index (χ1) is 13.8. The van der Waals surface area contributed by atoms with Gasteiger partial charge in [-0.3, -0.25) is 18.9 Å². The molecule has 2 aromatic heterocycles. The van der Waals surface area contributed by atoms with Gasteiger partial charge in [0.05, 0.1) is 10.5 Å². The van der Waals surface area contributed by atoms with Gasteiger partial charge in [0.15, 0.2) is 0 Å². The predicted molar refractivity (Wildman–Crippen MR) is 122 cm³/mol. The molecule has 0 bridgehead atoms. The van der Waals surface area contributed by atoms with Crippen molar-refractivity contribution in [2.45, 2.75) is 33.6 Å². The minimum Gasteiger partial charge on any atom is -0.356 e. The van der Waals surface area contributed by atoms with Crippen molar-refractivity contribution in [1.29, 1.82) is 0 Å². The van der Waals surface area contributed by atoms with Gasteiger partial charge in [-0.15, -0.1) is 0 Å². The minimum atomic E-state index is -0.158. The van der Waals surface area contributed by atoms with Crippen LogP contribution in [0.25, 0.3) is 11.7 Å². The topological polar surface area (TPSA) is 57.9 Å². The average Bonchev–Trinajstić information content (AvgIpc) is 3.29. The van der Waals surface area contributed by atoms with E-state index in [2.05, 4.69) is 18.7 Å². The van der Waals surface area contributed by atoms with E-state index < -0.39 is 0 Å². The van der Waals surface area contributed by atoms with E-state index in [0.717, 1.165) is 31.5 Å². The Morgan fingerprint density at radius 1 is 1.24 bits per heavy atom. The molecule has 8 heteroatoms. The van der Waals surface area contributed by atoms with Crippen LogP contribution in [0.15, 0.2) is 28.0 Å². The van der Waals surface area contributed by atoms with Gasteiger partial charge >= 0.3 is 0 Å². The zero-order valence-electron chi connectivity index (χ0n) is 16.8. The monoisotopic (exact) mass is 428 g/mol. The largest absolute Gasteiger partial charge is 0.356 e. The van der Waals surface area contributed by atoms with Gasteiger partial charge in [0.1, 0.15) is 15.8 Å². The highest BCUT2D eigenvalue weighted by Gasteiger charge is 2.33. The molecule has 0 spiro atoms. The van der Waals surface area contributed by atoms with E-state index in [0.29, 0.717) is 38.7 Å². The molecule has 152 valence electrons. The summed E-state index contributed by atoms with van der Waals surface area (Å²) in [6, 6.07) is 3.81. The van der Waals surface area contributed by atoms with E-state index in [-0.39, 0.29) is 11.5 Å². The Kier molecular flexibility index (Phi) is 5.48. The van der Waals surface area contributed by atoms with Gasteiger partial charge in [-0.2, -0.15) is 0 Å². The number of rotatable bonds is 4. The summed E-state index contributed by atoms with van der Waals surface area (Å²) in [5.74, 6) is 0.841. The smallest absolute Gasteiger partial charge is 0.267 e. The first kappa shape index (κ1) is 20.1. The molecular weight excluding hydrogens is 404 g/mol. The van der Waals surface area contributed by atoms with Crippen molar-refractivity contribution in [2.75, 3.05) is 24.5 Å². The highest BCUT2D eigenvalue weighted by molar-refractivity contribution is 8.26. The first-order valence-electron chi connectivity index (χ1n) is 9.88. The number of aryl methyl sites for hydroxylation is 1. The van der Waals surface area contributed by atoms with Crippen molar-refractivity contribution < 1.29 is 4.79 Å². The average molecular weight is 429 g/mol. The van der Waals surface area contributed by atoms with E-state index in [1.165, 1.54) is 11.8 Å². The lowest BCUT2D eigenvalue weighted by molar-refractivity contribution is -0.122. The van der Waals surface area contributed by atoms with Crippen LogP contribution in [0.5, 0.6) is 0 Å².